The molecule has 1 aromatic carbocycles. The van der Waals surface area contributed by atoms with Crippen LogP contribution in [-0.2, 0) is 10.0 Å². The maximum atomic E-state index is 13.7. The summed E-state index contributed by atoms with van der Waals surface area (Å²) in [5.41, 5.74) is 2.09. The van der Waals surface area contributed by atoms with Crippen molar-refractivity contribution in [1.82, 2.24) is 20.0 Å². The van der Waals surface area contributed by atoms with E-state index in [0.717, 1.165) is 36.6 Å². The number of methoxy groups -OCH3 is 1. The van der Waals surface area contributed by atoms with Crippen LogP contribution >= 0.6 is 0 Å². The summed E-state index contributed by atoms with van der Waals surface area (Å²) in [5.74, 6) is 0.761. The number of halogens is 1. The predicted octanol–water partition coefficient (Wildman–Crippen LogP) is 2.57. The third-order valence-electron chi connectivity index (χ3n) is 5.51. The van der Waals surface area contributed by atoms with Gasteiger partial charge in [0.1, 0.15) is 0 Å². The van der Waals surface area contributed by atoms with Crippen LogP contribution in [0.25, 0.3) is 0 Å². The molecule has 0 amide bonds. The van der Waals surface area contributed by atoms with Crippen molar-refractivity contribution >= 4 is 16.0 Å². The molecule has 170 valence electrons. The Morgan fingerprint density at radius 3 is 2.65 bits per heavy atom. The maximum Gasteiger partial charge on any atom is 0.222 e. The molecule has 0 aliphatic heterocycles. The zero-order valence-corrected chi connectivity index (χ0v) is 18.9. The summed E-state index contributed by atoms with van der Waals surface area (Å²) >= 11 is 0. The highest BCUT2D eigenvalue weighted by atomic mass is 32.2. The molecule has 3 atom stereocenters. The van der Waals surface area contributed by atoms with Crippen LogP contribution in [0, 0.1) is 5.82 Å². The molecule has 3 N–H and O–H groups in total. The van der Waals surface area contributed by atoms with Gasteiger partial charge in [-0.05, 0) is 55.4 Å². The molecule has 0 spiro atoms. The van der Waals surface area contributed by atoms with Gasteiger partial charge in [0, 0.05) is 37.6 Å². The zero-order valence-electron chi connectivity index (χ0n) is 18.1. The van der Waals surface area contributed by atoms with Crippen molar-refractivity contribution < 1.29 is 17.5 Å². The number of benzene rings is 1. The normalized spacial score (nSPS) is 19.9. The molecule has 10 heteroatoms. The lowest BCUT2D eigenvalue weighted by Gasteiger charge is -2.21. The molecule has 2 aromatic rings. The van der Waals surface area contributed by atoms with Gasteiger partial charge in [0.25, 0.3) is 0 Å². The first-order valence-corrected chi connectivity index (χ1v) is 12.2. The third-order valence-corrected chi connectivity index (χ3v) is 6.24. The lowest BCUT2D eigenvalue weighted by Crippen LogP contribution is -2.29. The number of sulfonamides is 1. The topological polar surface area (TPSA) is 105 Å². The fourth-order valence-corrected chi connectivity index (χ4v) is 4.35. The van der Waals surface area contributed by atoms with Gasteiger partial charge in [-0.3, -0.25) is 0 Å². The van der Waals surface area contributed by atoms with Gasteiger partial charge in [-0.1, -0.05) is 6.07 Å². The Labute approximate surface area is 183 Å². The van der Waals surface area contributed by atoms with E-state index in [1.165, 1.54) is 13.2 Å². The minimum absolute atomic E-state index is 0.0848. The molecule has 1 heterocycles. The third kappa shape index (κ3) is 6.84. The number of ether oxygens (including phenoxy) is 1. The van der Waals surface area contributed by atoms with E-state index in [2.05, 4.69) is 32.2 Å². The summed E-state index contributed by atoms with van der Waals surface area (Å²) in [6.07, 6.45) is 7.87. The van der Waals surface area contributed by atoms with Gasteiger partial charge in [0.05, 0.1) is 13.4 Å². The predicted molar refractivity (Wildman–Crippen MR) is 118 cm³/mol. The first kappa shape index (κ1) is 23.4. The average molecular weight is 452 g/mol. The molecule has 0 unspecified atom stereocenters. The van der Waals surface area contributed by atoms with Crippen molar-refractivity contribution in [1.29, 1.82) is 0 Å². The minimum atomic E-state index is -3.19. The lowest BCUT2D eigenvalue weighted by atomic mass is 10.0. The number of anilines is 1. The molecule has 1 aliphatic carbocycles. The summed E-state index contributed by atoms with van der Waals surface area (Å²) in [5, 5.41) is 6.64. The molecule has 1 fully saturated rings. The van der Waals surface area contributed by atoms with Gasteiger partial charge in [0.15, 0.2) is 11.6 Å². The Kier molecular flexibility index (Phi) is 7.79. The molecular formula is C21H30FN5O3S. The van der Waals surface area contributed by atoms with Crippen molar-refractivity contribution in [2.24, 2.45) is 0 Å². The molecule has 3 rings (SSSR count). The average Bonchev–Trinajstić information content (AvgIpc) is 3.19. The molecule has 1 aromatic heterocycles. The van der Waals surface area contributed by atoms with Crippen molar-refractivity contribution in [3.05, 3.63) is 47.5 Å². The summed E-state index contributed by atoms with van der Waals surface area (Å²) in [6, 6.07) is 5.41. The quantitative estimate of drug-likeness (QED) is 0.477. The van der Waals surface area contributed by atoms with E-state index in [4.69, 9.17) is 4.74 Å². The van der Waals surface area contributed by atoms with Crippen LogP contribution in [0.5, 0.6) is 5.75 Å². The Bertz CT molecular complexity index is 971. The molecule has 31 heavy (non-hydrogen) atoms. The Hall–Kier alpha value is -2.30. The Morgan fingerprint density at radius 1 is 1.23 bits per heavy atom. The van der Waals surface area contributed by atoms with Crippen molar-refractivity contribution in [3.63, 3.8) is 0 Å². The van der Waals surface area contributed by atoms with Gasteiger partial charge < -0.3 is 15.4 Å². The fraction of sp³-hybridized carbons (Fsp3) is 0.524. The van der Waals surface area contributed by atoms with Gasteiger partial charge in [-0.2, -0.15) is 0 Å². The molecule has 0 saturated heterocycles. The van der Waals surface area contributed by atoms with Gasteiger partial charge in [0.2, 0.25) is 16.0 Å². The monoisotopic (exact) mass is 451 g/mol. The van der Waals surface area contributed by atoms with Crippen LogP contribution in [0.15, 0.2) is 30.6 Å². The van der Waals surface area contributed by atoms with Crippen LogP contribution in [0.3, 0.4) is 0 Å². The summed E-state index contributed by atoms with van der Waals surface area (Å²) < 4.78 is 43.3. The van der Waals surface area contributed by atoms with E-state index < -0.39 is 10.0 Å². The summed E-state index contributed by atoms with van der Waals surface area (Å²) in [6.45, 7) is 2.76. The van der Waals surface area contributed by atoms with Crippen LogP contribution in [0.2, 0.25) is 0 Å². The Balaban J connectivity index is 1.49. The highest BCUT2D eigenvalue weighted by molar-refractivity contribution is 7.88. The van der Waals surface area contributed by atoms with Gasteiger partial charge in [-0.25, -0.2) is 27.5 Å². The molecule has 0 radical (unpaired) electrons. The minimum Gasteiger partial charge on any atom is -0.494 e. The second kappa shape index (κ2) is 10.3. The van der Waals surface area contributed by atoms with Gasteiger partial charge >= 0.3 is 0 Å². The number of aromatic nitrogens is 2. The van der Waals surface area contributed by atoms with E-state index in [1.54, 1.807) is 12.1 Å². The molecule has 0 bridgehead atoms. The summed E-state index contributed by atoms with van der Waals surface area (Å²) in [4.78, 5) is 8.70. The number of rotatable bonds is 10. The van der Waals surface area contributed by atoms with Crippen LogP contribution in [0.1, 0.15) is 49.3 Å². The molecule has 1 saturated carbocycles. The maximum absolute atomic E-state index is 13.7. The van der Waals surface area contributed by atoms with Crippen LogP contribution in [-0.4, -0.2) is 50.9 Å². The standard InChI is InChI=1S/C21H30FN5O3S/c1-14(15-5-7-19(22)20(11-15)30-2)27-18-6-4-16(10-18)17-12-24-21(25-13-17)23-8-9-26-31(3,28)29/h5,7,11-14,16,18,26-27H,4,6,8-10H2,1-3H3,(H,23,24,25)/t14-,16-,18+/m1/s1. The Morgan fingerprint density at radius 2 is 1.97 bits per heavy atom. The first-order chi connectivity index (χ1) is 14.7. The second-order valence-corrected chi connectivity index (χ2v) is 9.76. The van der Waals surface area contributed by atoms with E-state index in [0.29, 0.717) is 24.5 Å². The largest absolute Gasteiger partial charge is 0.494 e. The molecule has 8 nitrogen and oxygen atoms in total. The fourth-order valence-electron chi connectivity index (χ4n) is 3.88. The van der Waals surface area contributed by atoms with E-state index in [1.807, 2.05) is 12.4 Å². The van der Waals surface area contributed by atoms with Crippen LogP contribution in [0.4, 0.5) is 10.3 Å². The SMILES string of the molecule is COc1cc([C@@H](C)N[C@H]2CC[C@@H](c3cnc(NCCNS(C)(=O)=O)nc3)C2)ccc1F. The molecular weight excluding hydrogens is 421 g/mol. The first-order valence-electron chi connectivity index (χ1n) is 10.3. The van der Waals surface area contributed by atoms with E-state index in [-0.39, 0.29) is 24.2 Å². The number of hydrogen-bond acceptors (Lipinski definition) is 7. The van der Waals surface area contributed by atoms with Crippen molar-refractivity contribution in [3.8, 4) is 5.75 Å². The number of hydrogen-bond donors (Lipinski definition) is 3. The van der Waals surface area contributed by atoms with Crippen LogP contribution < -0.4 is 20.1 Å². The number of nitrogens with zero attached hydrogens (tertiary/aromatic N) is 2. The second-order valence-electron chi connectivity index (χ2n) is 7.92. The van der Waals surface area contributed by atoms with Crippen molar-refractivity contribution in [2.45, 2.75) is 44.2 Å². The van der Waals surface area contributed by atoms with Gasteiger partial charge in [-0.15, -0.1) is 0 Å². The lowest BCUT2D eigenvalue weighted by molar-refractivity contribution is 0.384. The summed E-state index contributed by atoms with van der Waals surface area (Å²) in [7, 11) is -1.72. The molecule has 1 aliphatic rings. The highest BCUT2D eigenvalue weighted by Crippen LogP contribution is 2.35. The van der Waals surface area contributed by atoms with Crippen molar-refractivity contribution in [2.75, 3.05) is 31.8 Å². The zero-order chi connectivity index (χ0) is 22.4. The van der Waals surface area contributed by atoms with E-state index >= 15 is 0 Å². The highest BCUT2D eigenvalue weighted by Gasteiger charge is 2.27. The van der Waals surface area contributed by atoms with E-state index in [9.17, 15) is 12.8 Å². The number of nitrogens with one attached hydrogen (secondary N) is 3. The smallest absolute Gasteiger partial charge is 0.222 e.